The van der Waals surface area contributed by atoms with Gasteiger partial charge in [0.05, 0.1) is 15.7 Å². The van der Waals surface area contributed by atoms with Crippen LogP contribution in [0.15, 0.2) is 24.3 Å². The number of benzene rings is 1. The summed E-state index contributed by atoms with van der Waals surface area (Å²) in [6, 6.07) is 8.65. The van der Waals surface area contributed by atoms with Crippen molar-refractivity contribution in [3.63, 3.8) is 0 Å². The zero-order valence-electron chi connectivity index (χ0n) is 12.1. The molecule has 0 spiro atoms. The Morgan fingerprint density at radius 1 is 1.22 bits per heavy atom. The Bertz CT molecular complexity index is 392. The van der Waals surface area contributed by atoms with Crippen molar-refractivity contribution in [2.45, 2.75) is 58.2 Å². The van der Waals surface area contributed by atoms with Crippen molar-refractivity contribution in [3.8, 4) is 0 Å². The van der Waals surface area contributed by atoms with Crippen molar-refractivity contribution in [2.24, 2.45) is 0 Å². The quantitative estimate of drug-likeness (QED) is 0.861. The van der Waals surface area contributed by atoms with E-state index in [0.717, 1.165) is 12.8 Å². The summed E-state index contributed by atoms with van der Waals surface area (Å²) in [4.78, 5) is 0. The third kappa shape index (κ3) is 4.54. The second kappa shape index (κ2) is 6.48. The molecule has 0 amide bonds. The first kappa shape index (κ1) is 15.4. The van der Waals surface area contributed by atoms with Crippen molar-refractivity contribution < 1.29 is 4.21 Å². The molecule has 1 N–H and O–H groups in total. The summed E-state index contributed by atoms with van der Waals surface area (Å²) < 4.78 is 15.2. The van der Waals surface area contributed by atoms with Crippen molar-refractivity contribution in [1.82, 2.24) is 4.72 Å². The van der Waals surface area contributed by atoms with E-state index in [-0.39, 0.29) is 10.8 Å². The average Bonchev–Trinajstić information content (AvgIpc) is 2.28. The Hall–Kier alpha value is -0.670. The van der Waals surface area contributed by atoms with Crippen LogP contribution in [-0.2, 0) is 11.0 Å². The van der Waals surface area contributed by atoms with E-state index < -0.39 is 11.0 Å². The average molecular weight is 267 g/mol. The fourth-order valence-electron chi connectivity index (χ4n) is 1.69. The van der Waals surface area contributed by atoms with E-state index in [4.69, 9.17) is 0 Å². The molecule has 0 fully saturated rings. The second-order valence-corrected chi connectivity index (χ2v) is 7.75. The van der Waals surface area contributed by atoms with E-state index in [0.29, 0.717) is 0 Å². The van der Waals surface area contributed by atoms with Gasteiger partial charge < -0.3 is 0 Å². The van der Waals surface area contributed by atoms with Gasteiger partial charge in [-0.3, -0.25) is 0 Å². The van der Waals surface area contributed by atoms with Gasteiger partial charge >= 0.3 is 0 Å². The Kier molecular flexibility index (Phi) is 5.54. The standard InChI is InChI=1S/C15H25NOS/c1-6-7-14(16-18(17)15(3,4)5)13-10-8-12(2)9-11-13/h8-11,14,16H,6-7H2,1-5H3/t14-,18?/m1/s1. The Labute approximate surface area is 114 Å². The van der Waals surface area contributed by atoms with Crippen LogP contribution in [0.5, 0.6) is 0 Å². The molecule has 18 heavy (non-hydrogen) atoms. The minimum atomic E-state index is -1.02. The largest absolute Gasteiger partial charge is 0.242 e. The molecule has 2 atom stereocenters. The molecule has 1 unspecified atom stereocenters. The predicted molar refractivity (Wildman–Crippen MR) is 79.9 cm³/mol. The van der Waals surface area contributed by atoms with Crippen LogP contribution in [-0.4, -0.2) is 8.96 Å². The SMILES string of the molecule is CCC[C@@H](NS(=O)C(C)(C)C)c1ccc(C)cc1. The number of hydrogen-bond donors (Lipinski definition) is 1. The zero-order chi connectivity index (χ0) is 13.8. The molecule has 2 nitrogen and oxygen atoms in total. The summed E-state index contributed by atoms with van der Waals surface area (Å²) in [5.74, 6) is 0. The maximum absolute atomic E-state index is 12.2. The van der Waals surface area contributed by atoms with Crippen LogP contribution >= 0.6 is 0 Å². The van der Waals surface area contributed by atoms with Crippen molar-refractivity contribution >= 4 is 11.0 Å². The van der Waals surface area contributed by atoms with Gasteiger partial charge in [-0.2, -0.15) is 0 Å². The lowest BCUT2D eigenvalue weighted by atomic mass is 10.0. The predicted octanol–water partition coefficient (Wildman–Crippen LogP) is 3.89. The summed E-state index contributed by atoms with van der Waals surface area (Å²) in [5.41, 5.74) is 2.48. The summed E-state index contributed by atoms with van der Waals surface area (Å²) in [6.07, 6.45) is 2.08. The summed E-state index contributed by atoms with van der Waals surface area (Å²) in [6.45, 7) is 10.2. The fourth-order valence-corrected chi connectivity index (χ4v) is 2.55. The molecule has 0 aromatic heterocycles. The lowest BCUT2D eigenvalue weighted by Gasteiger charge is -2.24. The van der Waals surface area contributed by atoms with Crippen LogP contribution in [0.1, 0.15) is 57.7 Å². The summed E-state index contributed by atoms with van der Waals surface area (Å²) in [5, 5.41) is 0. The lowest BCUT2D eigenvalue weighted by molar-refractivity contribution is 0.565. The van der Waals surface area contributed by atoms with Crippen LogP contribution in [0.4, 0.5) is 0 Å². The molecule has 3 heteroatoms. The molecular formula is C15H25NOS. The van der Waals surface area contributed by atoms with Gasteiger partial charge in [0.2, 0.25) is 0 Å². The van der Waals surface area contributed by atoms with Crippen LogP contribution in [0, 0.1) is 6.92 Å². The number of hydrogen-bond acceptors (Lipinski definition) is 1. The zero-order valence-corrected chi connectivity index (χ0v) is 12.9. The molecule has 1 aromatic rings. The highest BCUT2D eigenvalue weighted by Gasteiger charge is 2.23. The van der Waals surface area contributed by atoms with Crippen molar-refractivity contribution in [3.05, 3.63) is 35.4 Å². The molecule has 0 aliphatic carbocycles. The molecular weight excluding hydrogens is 242 g/mol. The Morgan fingerprint density at radius 2 is 1.78 bits per heavy atom. The molecule has 0 saturated heterocycles. The monoisotopic (exact) mass is 267 g/mol. The van der Waals surface area contributed by atoms with E-state index in [1.54, 1.807) is 0 Å². The molecule has 0 bridgehead atoms. The number of nitrogens with one attached hydrogen (secondary N) is 1. The van der Waals surface area contributed by atoms with Gasteiger partial charge in [-0.05, 0) is 39.7 Å². The van der Waals surface area contributed by atoms with Crippen LogP contribution in [0.3, 0.4) is 0 Å². The van der Waals surface area contributed by atoms with Crippen LogP contribution in [0.2, 0.25) is 0 Å². The minimum Gasteiger partial charge on any atom is -0.242 e. The maximum Gasteiger partial charge on any atom is 0.0975 e. The first-order valence-corrected chi connectivity index (χ1v) is 7.74. The number of rotatable bonds is 5. The van der Waals surface area contributed by atoms with Gasteiger partial charge in [-0.1, -0.05) is 43.2 Å². The van der Waals surface area contributed by atoms with E-state index in [9.17, 15) is 4.21 Å². The van der Waals surface area contributed by atoms with Gasteiger partial charge in [0, 0.05) is 6.04 Å². The normalized spacial score (nSPS) is 15.4. The van der Waals surface area contributed by atoms with Crippen molar-refractivity contribution in [1.29, 1.82) is 0 Å². The molecule has 0 radical (unpaired) electrons. The molecule has 0 saturated carbocycles. The summed E-state index contributed by atoms with van der Waals surface area (Å²) in [7, 11) is -1.02. The minimum absolute atomic E-state index is 0.177. The third-order valence-electron chi connectivity index (χ3n) is 2.86. The highest BCUT2D eigenvalue weighted by atomic mass is 32.2. The molecule has 0 aliphatic rings. The van der Waals surface area contributed by atoms with E-state index in [2.05, 4.69) is 42.8 Å². The number of aryl methyl sites for hydroxylation is 1. The Balaban J connectivity index is 2.83. The fraction of sp³-hybridized carbons (Fsp3) is 0.600. The van der Waals surface area contributed by atoms with Crippen molar-refractivity contribution in [2.75, 3.05) is 0 Å². The smallest absolute Gasteiger partial charge is 0.0975 e. The molecule has 1 aromatic carbocycles. The Morgan fingerprint density at radius 3 is 2.22 bits per heavy atom. The van der Waals surface area contributed by atoms with Gasteiger partial charge in [0.15, 0.2) is 0 Å². The highest BCUT2D eigenvalue weighted by Crippen LogP contribution is 2.22. The first-order valence-electron chi connectivity index (χ1n) is 6.59. The molecule has 102 valence electrons. The highest BCUT2D eigenvalue weighted by molar-refractivity contribution is 7.84. The second-order valence-electron chi connectivity index (χ2n) is 5.75. The third-order valence-corrected chi connectivity index (χ3v) is 4.47. The van der Waals surface area contributed by atoms with Gasteiger partial charge in [-0.25, -0.2) is 8.93 Å². The lowest BCUT2D eigenvalue weighted by Crippen LogP contribution is -2.35. The van der Waals surface area contributed by atoms with Gasteiger partial charge in [-0.15, -0.1) is 0 Å². The van der Waals surface area contributed by atoms with E-state index in [1.165, 1.54) is 11.1 Å². The van der Waals surface area contributed by atoms with Crippen LogP contribution < -0.4 is 4.72 Å². The first-order chi connectivity index (χ1) is 8.34. The maximum atomic E-state index is 12.2. The van der Waals surface area contributed by atoms with Gasteiger partial charge in [0.1, 0.15) is 0 Å². The van der Waals surface area contributed by atoms with E-state index in [1.807, 2.05) is 20.8 Å². The van der Waals surface area contributed by atoms with E-state index >= 15 is 0 Å². The molecule has 1 rings (SSSR count). The summed E-state index contributed by atoms with van der Waals surface area (Å²) >= 11 is 0. The van der Waals surface area contributed by atoms with Gasteiger partial charge in [0.25, 0.3) is 0 Å². The molecule has 0 heterocycles. The van der Waals surface area contributed by atoms with Crippen LogP contribution in [0.25, 0.3) is 0 Å². The molecule has 0 aliphatic heterocycles. The topological polar surface area (TPSA) is 29.1 Å².